The summed E-state index contributed by atoms with van der Waals surface area (Å²) in [5, 5.41) is 6.36. The average Bonchev–Trinajstić information content (AvgIpc) is 2.63. The number of nitrogens with zero attached hydrogens (tertiary/aromatic N) is 1. The molecule has 2 heterocycles. The van der Waals surface area contributed by atoms with E-state index in [2.05, 4.69) is 33.7 Å². The second-order valence-electron chi connectivity index (χ2n) is 6.36. The number of rotatable bonds is 6. The Labute approximate surface area is 143 Å². The van der Waals surface area contributed by atoms with Crippen molar-refractivity contribution in [2.24, 2.45) is 0 Å². The molecule has 1 unspecified atom stereocenters. The van der Waals surface area contributed by atoms with Crippen LogP contribution in [0, 0.1) is 0 Å². The summed E-state index contributed by atoms with van der Waals surface area (Å²) in [6.07, 6.45) is 0.464. The molecule has 0 aromatic heterocycles. The summed E-state index contributed by atoms with van der Waals surface area (Å²) in [6, 6.07) is 8.46. The van der Waals surface area contributed by atoms with Gasteiger partial charge in [-0.25, -0.2) is 0 Å². The molecule has 2 N–H and O–H groups in total. The fourth-order valence-electron chi connectivity index (χ4n) is 3.12. The first-order valence-corrected chi connectivity index (χ1v) is 8.76. The van der Waals surface area contributed by atoms with E-state index in [1.807, 2.05) is 6.07 Å². The summed E-state index contributed by atoms with van der Waals surface area (Å²) >= 11 is 0. The molecule has 1 aromatic rings. The first kappa shape index (κ1) is 17.4. The fourth-order valence-corrected chi connectivity index (χ4v) is 3.12. The molecule has 0 saturated carbocycles. The number of nitrogens with one attached hydrogen (secondary N) is 2. The van der Waals surface area contributed by atoms with Crippen molar-refractivity contribution < 1.29 is 14.3 Å². The minimum atomic E-state index is 0.0687. The van der Waals surface area contributed by atoms with Gasteiger partial charge in [-0.15, -0.1) is 0 Å². The lowest BCUT2D eigenvalue weighted by Crippen LogP contribution is -2.44. The lowest BCUT2D eigenvalue weighted by atomic mass is 10.1. The highest BCUT2D eigenvalue weighted by atomic mass is 16.5. The Bertz CT molecular complexity index is 526. The second kappa shape index (κ2) is 9.13. The number of hydrogen-bond acceptors (Lipinski definition) is 5. The average molecular weight is 333 g/mol. The predicted molar refractivity (Wildman–Crippen MR) is 91.6 cm³/mol. The Balaban J connectivity index is 1.49. The zero-order valence-electron chi connectivity index (χ0n) is 14.1. The van der Waals surface area contributed by atoms with Crippen molar-refractivity contribution >= 4 is 5.91 Å². The zero-order valence-corrected chi connectivity index (χ0v) is 14.1. The van der Waals surface area contributed by atoms with Crippen LogP contribution in [-0.4, -0.2) is 62.9 Å². The molecule has 2 aliphatic rings. The number of amides is 1. The molecule has 0 bridgehead atoms. The van der Waals surface area contributed by atoms with E-state index in [4.69, 9.17) is 9.47 Å². The molecule has 0 aliphatic carbocycles. The largest absolute Gasteiger partial charge is 0.379 e. The minimum absolute atomic E-state index is 0.0687. The number of carbonyl (C=O) groups is 1. The van der Waals surface area contributed by atoms with Crippen LogP contribution in [0.15, 0.2) is 24.3 Å². The van der Waals surface area contributed by atoms with Crippen molar-refractivity contribution in [1.29, 1.82) is 0 Å². The Hall–Kier alpha value is -1.47. The molecular formula is C18H27N3O3. The maximum absolute atomic E-state index is 12.2. The van der Waals surface area contributed by atoms with Crippen molar-refractivity contribution in [2.75, 3.05) is 46.1 Å². The van der Waals surface area contributed by atoms with Gasteiger partial charge in [-0.3, -0.25) is 9.69 Å². The number of benzene rings is 1. The molecule has 24 heavy (non-hydrogen) atoms. The molecule has 1 aromatic carbocycles. The number of hydrogen-bond donors (Lipinski definition) is 2. The van der Waals surface area contributed by atoms with E-state index >= 15 is 0 Å². The van der Waals surface area contributed by atoms with Crippen LogP contribution in [0.5, 0.6) is 0 Å². The van der Waals surface area contributed by atoms with Gasteiger partial charge >= 0.3 is 0 Å². The van der Waals surface area contributed by atoms with Gasteiger partial charge in [0, 0.05) is 45.2 Å². The monoisotopic (exact) mass is 333 g/mol. The smallest absolute Gasteiger partial charge is 0.221 e. The molecule has 2 fully saturated rings. The molecule has 2 aliphatic heterocycles. The van der Waals surface area contributed by atoms with Crippen molar-refractivity contribution in [3.8, 4) is 0 Å². The van der Waals surface area contributed by atoms with Gasteiger partial charge in [0.25, 0.3) is 0 Å². The first-order valence-electron chi connectivity index (χ1n) is 8.76. The predicted octanol–water partition coefficient (Wildman–Crippen LogP) is 0.514. The van der Waals surface area contributed by atoms with Crippen LogP contribution in [0.25, 0.3) is 0 Å². The van der Waals surface area contributed by atoms with E-state index in [0.29, 0.717) is 19.6 Å². The summed E-state index contributed by atoms with van der Waals surface area (Å²) in [6.45, 7) is 7.18. The normalized spacial score (nSPS) is 22.2. The van der Waals surface area contributed by atoms with E-state index < -0.39 is 0 Å². The van der Waals surface area contributed by atoms with Gasteiger partial charge in [-0.05, 0) is 11.1 Å². The van der Waals surface area contributed by atoms with Crippen LogP contribution >= 0.6 is 0 Å². The van der Waals surface area contributed by atoms with E-state index in [9.17, 15) is 4.79 Å². The van der Waals surface area contributed by atoms with E-state index in [1.165, 1.54) is 11.1 Å². The molecular weight excluding hydrogens is 306 g/mol. The molecule has 6 nitrogen and oxygen atoms in total. The zero-order chi connectivity index (χ0) is 16.6. The standard InChI is InChI=1S/C18H27N3O3/c22-18(11-17-14-24-8-5-19-17)20-12-15-3-1-2-4-16(15)13-21-6-9-23-10-7-21/h1-4,17,19H,5-14H2,(H,20,22). The van der Waals surface area contributed by atoms with Gasteiger partial charge in [0.1, 0.15) is 0 Å². The van der Waals surface area contributed by atoms with Gasteiger partial charge in [-0.1, -0.05) is 24.3 Å². The maximum Gasteiger partial charge on any atom is 0.221 e. The van der Waals surface area contributed by atoms with Crippen LogP contribution in [0.1, 0.15) is 17.5 Å². The molecule has 6 heteroatoms. The molecule has 0 spiro atoms. The number of carbonyl (C=O) groups excluding carboxylic acids is 1. The Kier molecular flexibility index (Phi) is 6.60. The number of ether oxygens (including phenoxy) is 2. The lowest BCUT2D eigenvalue weighted by molar-refractivity contribution is -0.122. The van der Waals surface area contributed by atoms with Crippen LogP contribution < -0.4 is 10.6 Å². The van der Waals surface area contributed by atoms with Gasteiger partial charge < -0.3 is 20.1 Å². The summed E-state index contributed by atoms with van der Waals surface area (Å²) < 4.78 is 10.8. The highest BCUT2D eigenvalue weighted by molar-refractivity contribution is 5.76. The summed E-state index contributed by atoms with van der Waals surface area (Å²) in [4.78, 5) is 14.5. The topological polar surface area (TPSA) is 62.8 Å². The molecule has 1 atom stereocenters. The fraction of sp³-hybridized carbons (Fsp3) is 0.611. The van der Waals surface area contributed by atoms with E-state index in [1.54, 1.807) is 0 Å². The maximum atomic E-state index is 12.2. The Morgan fingerprint density at radius 3 is 2.71 bits per heavy atom. The molecule has 132 valence electrons. The van der Waals surface area contributed by atoms with Crippen LogP contribution in [-0.2, 0) is 27.4 Å². The van der Waals surface area contributed by atoms with Gasteiger partial charge in [0.2, 0.25) is 5.91 Å². The van der Waals surface area contributed by atoms with Gasteiger partial charge in [0.15, 0.2) is 0 Å². The van der Waals surface area contributed by atoms with Crippen LogP contribution in [0.4, 0.5) is 0 Å². The third-order valence-corrected chi connectivity index (χ3v) is 4.52. The summed E-state index contributed by atoms with van der Waals surface area (Å²) in [5.74, 6) is 0.0687. The van der Waals surface area contributed by atoms with Crippen molar-refractivity contribution in [1.82, 2.24) is 15.5 Å². The summed E-state index contributed by atoms with van der Waals surface area (Å²) in [5.41, 5.74) is 2.46. The van der Waals surface area contributed by atoms with Crippen LogP contribution in [0.3, 0.4) is 0 Å². The van der Waals surface area contributed by atoms with Crippen LogP contribution in [0.2, 0.25) is 0 Å². The van der Waals surface area contributed by atoms with E-state index in [-0.39, 0.29) is 11.9 Å². The highest BCUT2D eigenvalue weighted by Gasteiger charge is 2.17. The number of morpholine rings is 2. The van der Waals surface area contributed by atoms with E-state index in [0.717, 1.165) is 46.0 Å². The molecule has 3 rings (SSSR count). The third-order valence-electron chi connectivity index (χ3n) is 4.52. The quantitative estimate of drug-likeness (QED) is 0.794. The second-order valence-corrected chi connectivity index (χ2v) is 6.36. The van der Waals surface area contributed by atoms with Crippen molar-refractivity contribution in [3.05, 3.63) is 35.4 Å². The highest BCUT2D eigenvalue weighted by Crippen LogP contribution is 2.13. The van der Waals surface area contributed by atoms with Gasteiger partial charge in [-0.2, -0.15) is 0 Å². The summed E-state index contributed by atoms with van der Waals surface area (Å²) in [7, 11) is 0. The van der Waals surface area contributed by atoms with Gasteiger partial charge in [0.05, 0.1) is 26.4 Å². The first-order chi connectivity index (χ1) is 11.8. The van der Waals surface area contributed by atoms with Crippen molar-refractivity contribution in [3.63, 3.8) is 0 Å². The third kappa shape index (κ3) is 5.27. The molecule has 1 amide bonds. The Morgan fingerprint density at radius 1 is 1.17 bits per heavy atom. The SMILES string of the molecule is O=C(CC1COCCN1)NCc1ccccc1CN1CCOCC1. The minimum Gasteiger partial charge on any atom is -0.379 e. The van der Waals surface area contributed by atoms with Crippen molar-refractivity contribution in [2.45, 2.75) is 25.6 Å². The molecule has 0 radical (unpaired) electrons. The molecule has 2 saturated heterocycles. The Morgan fingerprint density at radius 2 is 1.96 bits per heavy atom. The lowest BCUT2D eigenvalue weighted by Gasteiger charge is -2.27.